The first-order chi connectivity index (χ1) is 6.16. The second-order valence-electron chi connectivity index (χ2n) is 3.84. The van der Waals surface area contributed by atoms with Crippen LogP contribution < -0.4 is 0 Å². The van der Waals surface area contributed by atoms with E-state index in [4.69, 9.17) is 5.11 Å². The van der Waals surface area contributed by atoms with E-state index in [9.17, 15) is 4.79 Å². The van der Waals surface area contributed by atoms with Gasteiger partial charge in [0.1, 0.15) is 6.04 Å². The van der Waals surface area contributed by atoms with Gasteiger partial charge in [-0.1, -0.05) is 13.3 Å². The lowest BCUT2D eigenvalue weighted by Gasteiger charge is -2.37. The largest absolute Gasteiger partial charge is 0.480 e. The number of hydrogen-bond donors (Lipinski definition) is 1. The van der Waals surface area contributed by atoms with Crippen molar-refractivity contribution in [2.24, 2.45) is 0 Å². The molecule has 0 aromatic rings. The Hall–Kier alpha value is -0.570. The van der Waals surface area contributed by atoms with E-state index in [0.717, 1.165) is 19.4 Å². The average Bonchev–Trinajstić information content (AvgIpc) is 2.09. The molecule has 1 N–H and O–H groups in total. The number of aliphatic carboxylic acids is 1. The van der Waals surface area contributed by atoms with E-state index in [0.29, 0.717) is 12.5 Å². The molecule has 0 amide bonds. The third-order valence-electron chi connectivity index (χ3n) is 2.93. The fourth-order valence-electron chi connectivity index (χ4n) is 2.13. The quantitative estimate of drug-likeness (QED) is 0.728. The van der Waals surface area contributed by atoms with Gasteiger partial charge in [0.25, 0.3) is 0 Å². The highest BCUT2D eigenvalue weighted by molar-refractivity contribution is 5.73. The minimum atomic E-state index is -0.670. The van der Waals surface area contributed by atoms with E-state index in [-0.39, 0.29) is 6.04 Å². The second-order valence-corrected chi connectivity index (χ2v) is 3.84. The maximum Gasteiger partial charge on any atom is 0.320 e. The molecular weight excluding hydrogens is 166 g/mol. The highest BCUT2D eigenvalue weighted by Crippen LogP contribution is 2.20. The third kappa shape index (κ3) is 2.44. The van der Waals surface area contributed by atoms with Gasteiger partial charge in [-0.3, -0.25) is 9.69 Å². The summed E-state index contributed by atoms with van der Waals surface area (Å²) < 4.78 is 0. The normalized spacial score (nSPS) is 27.1. The Bertz CT molecular complexity index is 182. The van der Waals surface area contributed by atoms with Crippen molar-refractivity contribution in [2.45, 2.75) is 51.6 Å². The SMILES string of the molecule is CCC(C(=O)O)N1CCCC[C@@H]1C. The van der Waals surface area contributed by atoms with Crippen molar-refractivity contribution in [3.05, 3.63) is 0 Å². The van der Waals surface area contributed by atoms with Crippen molar-refractivity contribution in [1.29, 1.82) is 0 Å². The topological polar surface area (TPSA) is 40.5 Å². The smallest absolute Gasteiger partial charge is 0.320 e. The molecular formula is C10H19NO2. The van der Waals surface area contributed by atoms with E-state index >= 15 is 0 Å². The van der Waals surface area contributed by atoms with Crippen LogP contribution in [0, 0.1) is 0 Å². The lowest BCUT2D eigenvalue weighted by atomic mass is 10.0. The van der Waals surface area contributed by atoms with Gasteiger partial charge >= 0.3 is 5.97 Å². The Balaban J connectivity index is 2.60. The minimum Gasteiger partial charge on any atom is -0.480 e. The van der Waals surface area contributed by atoms with Crippen molar-refractivity contribution >= 4 is 5.97 Å². The van der Waals surface area contributed by atoms with Gasteiger partial charge in [0.05, 0.1) is 0 Å². The van der Waals surface area contributed by atoms with Crippen LogP contribution in [0.1, 0.15) is 39.5 Å². The van der Waals surface area contributed by atoms with Crippen LogP contribution in [0.4, 0.5) is 0 Å². The summed E-state index contributed by atoms with van der Waals surface area (Å²) in [6, 6.07) is 0.171. The first-order valence-electron chi connectivity index (χ1n) is 5.15. The molecule has 0 spiro atoms. The third-order valence-corrected chi connectivity index (χ3v) is 2.93. The average molecular weight is 185 g/mol. The molecule has 1 fully saturated rings. The van der Waals surface area contributed by atoms with E-state index in [1.807, 2.05) is 6.92 Å². The summed E-state index contributed by atoms with van der Waals surface area (Å²) in [5.41, 5.74) is 0. The number of carbonyl (C=O) groups is 1. The Morgan fingerprint density at radius 3 is 2.77 bits per heavy atom. The zero-order valence-corrected chi connectivity index (χ0v) is 8.49. The molecule has 1 rings (SSSR count). The molecule has 1 heterocycles. The predicted octanol–water partition coefficient (Wildman–Crippen LogP) is 1.72. The molecule has 3 nitrogen and oxygen atoms in total. The van der Waals surface area contributed by atoms with Crippen LogP contribution in [0.5, 0.6) is 0 Å². The summed E-state index contributed by atoms with van der Waals surface area (Å²) in [5, 5.41) is 9.00. The summed E-state index contributed by atoms with van der Waals surface area (Å²) in [5.74, 6) is -0.670. The summed E-state index contributed by atoms with van der Waals surface area (Å²) in [4.78, 5) is 13.1. The van der Waals surface area contributed by atoms with Crippen molar-refractivity contribution in [1.82, 2.24) is 4.90 Å². The molecule has 0 aromatic heterocycles. The molecule has 1 unspecified atom stereocenters. The number of hydrogen-bond acceptors (Lipinski definition) is 2. The lowest BCUT2D eigenvalue weighted by molar-refractivity contribution is -0.145. The monoisotopic (exact) mass is 185 g/mol. The molecule has 13 heavy (non-hydrogen) atoms. The molecule has 76 valence electrons. The van der Waals surface area contributed by atoms with Crippen LogP contribution in [0.3, 0.4) is 0 Å². The van der Waals surface area contributed by atoms with Gasteiger partial charge in [0.2, 0.25) is 0 Å². The first-order valence-corrected chi connectivity index (χ1v) is 5.15. The maximum atomic E-state index is 10.9. The van der Waals surface area contributed by atoms with Crippen molar-refractivity contribution in [3.8, 4) is 0 Å². The standard InChI is InChI=1S/C10H19NO2/c1-3-9(10(12)13)11-7-5-4-6-8(11)2/h8-9H,3-7H2,1-2H3,(H,12,13)/t8-,9?/m0/s1. The molecule has 3 heteroatoms. The van der Waals surface area contributed by atoms with Gasteiger partial charge < -0.3 is 5.11 Å². The molecule has 0 radical (unpaired) electrons. The summed E-state index contributed by atoms with van der Waals surface area (Å²) >= 11 is 0. The van der Waals surface area contributed by atoms with Crippen molar-refractivity contribution < 1.29 is 9.90 Å². The number of rotatable bonds is 3. The second kappa shape index (κ2) is 4.61. The zero-order chi connectivity index (χ0) is 9.84. The molecule has 0 bridgehead atoms. The Morgan fingerprint density at radius 1 is 1.62 bits per heavy atom. The zero-order valence-electron chi connectivity index (χ0n) is 8.49. The van der Waals surface area contributed by atoms with E-state index in [2.05, 4.69) is 11.8 Å². The van der Waals surface area contributed by atoms with Crippen LogP contribution in [0.15, 0.2) is 0 Å². The van der Waals surface area contributed by atoms with Gasteiger partial charge in [0, 0.05) is 6.04 Å². The first kappa shape index (κ1) is 10.5. The van der Waals surface area contributed by atoms with E-state index < -0.39 is 5.97 Å². The number of likely N-dealkylation sites (tertiary alicyclic amines) is 1. The van der Waals surface area contributed by atoms with Crippen LogP contribution in [0.25, 0.3) is 0 Å². The van der Waals surface area contributed by atoms with Crippen molar-refractivity contribution in [2.75, 3.05) is 6.54 Å². The molecule has 2 atom stereocenters. The highest BCUT2D eigenvalue weighted by atomic mass is 16.4. The summed E-state index contributed by atoms with van der Waals surface area (Å²) in [6.45, 7) is 5.02. The molecule has 1 saturated heterocycles. The van der Waals surface area contributed by atoms with E-state index in [1.165, 1.54) is 6.42 Å². The number of carboxylic acids is 1. The fraction of sp³-hybridized carbons (Fsp3) is 0.900. The summed E-state index contributed by atoms with van der Waals surface area (Å²) in [7, 11) is 0. The molecule has 1 aliphatic rings. The van der Waals surface area contributed by atoms with Gasteiger partial charge in [-0.2, -0.15) is 0 Å². The Labute approximate surface area is 79.7 Å². The number of piperidine rings is 1. The molecule has 0 aromatic carbocycles. The lowest BCUT2D eigenvalue weighted by Crippen LogP contribution is -2.48. The van der Waals surface area contributed by atoms with Crippen LogP contribution in [-0.4, -0.2) is 34.6 Å². The van der Waals surface area contributed by atoms with Crippen LogP contribution in [0.2, 0.25) is 0 Å². The maximum absolute atomic E-state index is 10.9. The Morgan fingerprint density at radius 2 is 2.31 bits per heavy atom. The fourth-order valence-corrected chi connectivity index (χ4v) is 2.13. The van der Waals surface area contributed by atoms with Gasteiger partial charge in [-0.25, -0.2) is 0 Å². The van der Waals surface area contributed by atoms with E-state index in [1.54, 1.807) is 0 Å². The van der Waals surface area contributed by atoms with Crippen molar-refractivity contribution in [3.63, 3.8) is 0 Å². The van der Waals surface area contributed by atoms with Crippen LogP contribution >= 0.6 is 0 Å². The Kier molecular flexibility index (Phi) is 3.72. The molecule has 0 saturated carbocycles. The predicted molar refractivity (Wildman–Crippen MR) is 51.7 cm³/mol. The van der Waals surface area contributed by atoms with Gasteiger partial charge in [-0.15, -0.1) is 0 Å². The van der Waals surface area contributed by atoms with Crippen LogP contribution in [-0.2, 0) is 4.79 Å². The number of nitrogens with zero attached hydrogens (tertiary/aromatic N) is 1. The molecule has 0 aliphatic carbocycles. The highest BCUT2D eigenvalue weighted by Gasteiger charge is 2.29. The number of carboxylic acid groups (broad SMARTS) is 1. The summed E-state index contributed by atoms with van der Waals surface area (Å²) in [6.07, 6.45) is 4.24. The van der Waals surface area contributed by atoms with Gasteiger partial charge in [0.15, 0.2) is 0 Å². The minimum absolute atomic E-state index is 0.268. The van der Waals surface area contributed by atoms with Gasteiger partial charge in [-0.05, 0) is 32.7 Å². The molecule has 1 aliphatic heterocycles.